The number of nitrogens with zero attached hydrogens (tertiary/aromatic N) is 2. The molecule has 0 bridgehead atoms. The molecular weight excluding hydrogens is 635 g/mol. The Morgan fingerprint density at radius 2 is 0.960 bits per heavy atom. The first-order chi connectivity index (χ1) is 24.5. The fourth-order valence-corrected chi connectivity index (χ4v) is 5.87. The van der Waals surface area contributed by atoms with E-state index in [1.54, 1.807) is 12.1 Å². The van der Waals surface area contributed by atoms with E-state index >= 15 is 4.39 Å². The van der Waals surface area contributed by atoms with Crippen LogP contribution in [-0.4, -0.2) is 28.3 Å². The van der Waals surface area contributed by atoms with Crippen molar-refractivity contribution in [1.82, 2.24) is 9.79 Å². The Morgan fingerprint density at radius 3 is 1.40 bits per heavy atom. The molecule has 0 N–H and O–H groups in total. The summed E-state index contributed by atoms with van der Waals surface area (Å²) in [6, 6.07) is 45.1. The first-order valence-corrected chi connectivity index (χ1v) is 16.0. The van der Waals surface area contributed by atoms with Crippen LogP contribution >= 0.6 is 0 Å². The minimum atomic E-state index is -1.59. The average Bonchev–Trinajstić information content (AvgIpc) is 3.41. The molecule has 0 radical (unpaired) electrons. The van der Waals surface area contributed by atoms with Gasteiger partial charge in [0.05, 0.1) is 23.0 Å². The van der Waals surface area contributed by atoms with Crippen LogP contribution in [0.2, 0.25) is 0 Å². The zero-order valence-electron chi connectivity index (χ0n) is 26.7. The van der Waals surface area contributed by atoms with E-state index < -0.39 is 42.2 Å². The summed E-state index contributed by atoms with van der Waals surface area (Å²) in [4.78, 5) is 52.6. The van der Waals surface area contributed by atoms with Gasteiger partial charge in [-0.25, -0.2) is 4.39 Å². The fourth-order valence-electron chi connectivity index (χ4n) is 5.87. The molecule has 1 unspecified atom stereocenters. The maximum atomic E-state index is 15.1. The van der Waals surface area contributed by atoms with Gasteiger partial charge >= 0.3 is 0 Å². The molecule has 1 aliphatic rings. The highest BCUT2D eigenvalue weighted by molar-refractivity contribution is 6.20. The number of hydrogen-bond acceptors (Lipinski definition) is 6. The van der Waals surface area contributed by atoms with Gasteiger partial charge in [-0.1, -0.05) is 133 Å². The first kappa shape index (κ1) is 32.2. The smallest absolute Gasteiger partial charge is 0.285 e. The monoisotopic (exact) mass is 666 g/mol. The van der Waals surface area contributed by atoms with Gasteiger partial charge in [0.1, 0.15) is 12.8 Å². The molecule has 248 valence electrons. The van der Waals surface area contributed by atoms with Crippen LogP contribution in [0.25, 0.3) is 0 Å². The lowest BCUT2D eigenvalue weighted by molar-refractivity contribution is -0.146. The molecule has 2 amide bonds. The van der Waals surface area contributed by atoms with Gasteiger partial charge in [-0.3, -0.25) is 19.2 Å². The number of ether oxygens (including phenoxy) is 1. The number of hydrogen-bond donors (Lipinski definition) is 0. The molecule has 2 heterocycles. The van der Waals surface area contributed by atoms with Gasteiger partial charge < -0.3 is 9.57 Å². The molecule has 8 nitrogen and oxygen atoms in total. The number of halogens is 1. The van der Waals surface area contributed by atoms with E-state index in [1.807, 2.05) is 121 Å². The Bertz CT molecular complexity index is 2050. The van der Waals surface area contributed by atoms with Crippen molar-refractivity contribution >= 4 is 11.8 Å². The standard InChI is InChI=1S/C41H31FN2O6/c42-26-36(49-44-40(46)32-23-13-14-24-33(32)41(44)47)34-25-35(45)37(48-38(28-15-5-1-6-16-28)29-17-7-2-8-18-29)27-43(34)50-39(30-19-9-3-10-20-30)31-21-11-4-12-22-31/h1-25,27,36,38-39H,26H2. The molecule has 0 saturated carbocycles. The second-order valence-electron chi connectivity index (χ2n) is 11.6. The summed E-state index contributed by atoms with van der Waals surface area (Å²) < 4.78 is 22.7. The quantitative estimate of drug-likeness (QED) is 0.126. The van der Waals surface area contributed by atoms with E-state index in [1.165, 1.54) is 23.1 Å². The van der Waals surface area contributed by atoms with Gasteiger partial charge in [0, 0.05) is 6.07 Å². The third-order valence-electron chi connectivity index (χ3n) is 8.34. The van der Waals surface area contributed by atoms with Gasteiger partial charge in [0.2, 0.25) is 5.43 Å². The molecule has 1 aliphatic heterocycles. The van der Waals surface area contributed by atoms with Crippen molar-refractivity contribution in [3.05, 3.63) is 207 Å². The van der Waals surface area contributed by atoms with Gasteiger partial charge in [0.25, 0.3) is 11.8 Å². The second kappa shape index (κ2) is 14.4. The van der Waals surface area contributed by atoms with Crippen molar-refractivity contribution in [3.8, 4) is 5.75 Å². The minimum Gasteiger partial charge on any atom is -0.475 e. The third-order valence-corrected chi connectivity index (χ3v) is 8.34. The van der Waals surface area contributed by atoms with Crippen LogP contribution in [0.3, 0.4) is 0 Å². The summed E-state index contributed by atoms with van der Waals surface area (Å²) in [6.07, 6.45) is -1.64. The minimum absolute atomic E-state index is 0.0748. The Kier molecular flexibility index (Phi) is 9.30. The number of carbonyl (C=O) groups excluding carboxylic acids is 2. The van der Waals surface area contributed by atoms with E-state index in [-0.39, 0.29) is 22.6 Å². The number of alkyl halides is 1. The van der Waals surface area contributed by atoms with Crippen molar-refractivity contribution in [2.24, 2.45) is 0 Å². The summed E-state index contributed by atoms with van der Waals surface area (Å²) in [5.41, 5.74) is 2.76. The molecule has 0 aliphatic carbocycles. The lowest BCUT2D eigenvalue weighted by Crippen LogP contribution is -2.35. The summed E-state index contributed by atoms with van der Waals surface area (Å²) in [6.45, 7) is -1.20. The van der Waals surface area contributed by atoms with Crippen LogP contribution < -0.4 is 15.0 Å². The third kappa shape index (κ3) is 6.54. The number of carbonyl (C=O) groups is 2. The number of rotatable bonds is 12. The van der Waals surface area contributed by atoms with Crippen LogP contribution in [0, 0.1) is 0 Å². The number of benzene rings is 5. The van der Waals surface area contributed by atoms with Crippen LogP contribution in [0.15, 0.2) is 163 Å². The highest BCUT2D eigenvalue weighted by atomic mass is 19.1. The average molecular weight is 667 g/mol. The molecule has 7 rings (SSSR count). The highest BCUT2D eigenvalue weighted by Gasteiger charge is 2.39. The van der Waals surface area contributed by atoms with Gasteiger partial charge in [-0.05, 0) is 34.4 Å². The Labute approximate surface area is 287 Å². The van der Waals surface area contributed by atoms with E-state index in [0.717, 1.165) is 28.3 Å². The maximum Gasteiger partial charge on any atom is 0.285 e. The molecule has 0 spiro atoms. The molecule has 1 atom stereocenters. The number of pyridine rings is 1. The molecule has 50 heavy (non-hydrogen) atoms. The van der Waals surface area contributed by atoms with Crippen molar-refractivity contribution in [1.29, 1.82) is 0 Å². The van der Waals surface area contributed by atoms with E-state index in [9.17, 15) is 14.4 Å². The summed E-state index contributed by atoms with van der Waals surface area (Å²) in [5.74, 6) is -1.55. The van der Waals surface area contributed by atoms with Crippen LogP contribution in [0.1, 0.15) is 67.0 Å². The van der Waals surface area contributed by atoms with Gasteiger partial charge in [0.15, 0.2) is 18.0 Å². The molecule has 5 aromatic carbocycles. The van der Waals surface area contributed by atoms with E-state index in [2.05, 4.69) is 0 Å². The number of imide groups is 1. The number of amides is 2. The normalized spacial score (nSPS) is 13.1. The van der Waals surface area contributed by atoms with Crippen LogP contribution in [-0.2, 0) is 4.84 Å². The van der Waals surface area contributed by atoms with Crippen LogP contribution in [0.5, 0.6) is 5.75 Å². The lowest BCUT2D eigenvalue weighted by Gasteiger charge is -2.28. The molecule has 6 aromatic rings. The zero-order valence-corrected chi connectivity index (χ0v) is 26.7. The Balaban J connectivity index is 1.33. The molecule has 0 fully saturated rings. The first-order valence-electron chi connectivity index (χ1n) is 16.0. The molecule has 1 aromatic heterocycles. The highest BCUT2D eigenvalue weighted by Crippen LogP contribution is 2.32. The predicted molar refractivity (Wildman–Crippen MR) is 184 cm³/mol. The molecule has 9 heteroatoms. The van der Waals surface area contributed by atoms with Gasteiger partial charge in [-0.2, -0.15) is 4.73 Å². The summed E-state index contributed by atoms with van der Waals surface area (Å²) in [5, 5.41) is 0.529. The van der Waals surface area contributed by atoms with Gasteiger partial charge in [-0.15, -0.1) is 5.06 Å². The second-order valence-corrected chi connectivity index (χ2v) is 11.6. The topological polar surface area (TPSA) is 87.1 Å². The zero-order chi connectivity index (χ0) is 34.5. The maximum absolute atomic E-state index is 15.1. The SMILES string of the molecule is O=C1c2ccccc2C(=O)N1OC(CF)c1cc(=O)c(OC(c2ccccc2)c2ccccc2)cn1OC(c1ccccc1)c1ccccc1. The number of fused-ring (bicyclic) bond motifs is 1. The predicted octanol–water partition coefficient (Wildman–Crippen LogP) is 7.47. The van der Waals surface area contributed by atoms with Crippen molar-refractivity contribution in [2.45, 2.75) is 18.3 Å². The fraction of sp³-hybridized carbons (Fsp3) is 0.0976. The van der Waals surface area contributed by atoms with Crippen molar-refractivity contribution in [2.75, 3.05) is 6.67 Å². The van der Waals surface area contributed by atoms with E-state index in [0.29, 0.717) is 5.06 Å². The number of hydroxylamine groups is 2. The molecular formula is C41H31FN2O6. The molecule has 0 saturated heterocycles. The lowest BCUT2D eigenvalue weighted by atomic mass is 10.0. The Hall–Kier alpha value is -6.32. The Morgan fingerprint density at radius 1 is 0.540 bits per heavy atom. The summed E-state index contributed by atoms with van der Waals surface area (Å²) >= 11 is 0. The van der Waals surface area contributed by atoms with Crippen molar-refractivity contribution in [3.63, 3.8) is 0 Å². The summed E-state index contributed by atoms with van der Waals surface area (Å²) in [7, 11) is 0. The van der Waals surface area contributed by atoms with Crippen molar-refractivity contribution < 1.29 is 28.4 Å². The van der Waals surface area contributed by atoms with E-state index in [4.69, 9.17) is 14.4 Å². The number of aromatic nitrogens is 1. The van der Waals surface area contributed by atoms with Crippen LogP contribution in [0.4, 0.5) is 4.39 Å². The largest absolute Gasteiger partial charge is 0.475 e.